The first-order chi connectivity index (χ1) is 10.1. The minimum Gasteiger partial charge on any atom is -0.454 e. The van der Waals surface area contributed by atoms with Crippen LogP contribution in [0, 0.1) is 0 Å². The average Bonchev–Trinajstić information content (AvgIpc) is 3.14. The van der Waals surface area contributed by atoms with Crippen LogP contribution < -0.4 is 20.5 Å². The van der Waals surface area contributed by atoms with E-state index in [0.717, 1.165) is 10.4 Å². The molecule has 2 heterocycles. The standard InChI is InChI=1S/C15H16N2O3S/c1-15(14(16)18,17-8-11-3-2-6-21-11)10-4-5-12-13(7-10)20-9-19-12/h2-7,17H,8-9H2,1H3,(H2,16,18). The van der Waals surface area contributed by atoms with E-state index in [9.17, 15) is 4.79 Å². The van der Waals surface area contributed by atoms with Crippen molar-refractivity contribution >= 4 is 17.2 Å². The molecular formula is C15H16N2O3S. The fraction of sp³-hybridized carbons (Fsp3) is 0.267. The Bertz CT molecular complexity index is 657. The molecule has 1 aliphatic heterocycles. The number of fused-ring (bicyclic) bond motifs is 1. The van der Waals surface area contributed by atoms with Gasteiger partial charge in [-0.15, -0.1) is 11.3 Å². The fourth-order valence-electron chi connectivity index (χ4n) is 2.22. The van der Waals surface area contributed by atoms with E-state index in [0.29, 0.717) is 18.0 Å². The number of rotatable bonds is 5. The molecule has 1 unspecified atom stereocenters. The Labute approximate surface area is 126 Å². The normalized spacial score (nSPS) is 15.7. The van der Waals surface area contributed by atoms with Crippen molar-refractivity contribution in [3.05, 3.63) is 46.2 Å². The van der Waals surface area contributed by atoms with Crippen molar-refractivity contribution in [1.29, 1.82) is 0 Å². The van der Waals surface area contributed by atoms with Gasteiger partial charge in [0.15, 0.2) is 11.5 Å². The van der Waals surface area contributed by atoms with Crippen LogP contribution >= 0.6 is 11.3 Å². The van der Waals surface area contributed by atoms with Gasteiger partial charge in [-0.25, -0.2) is 0 Å². The Hall–Kier alpha value is -2.05. The summed E-state index contributed by atoms with van der Waals surface area (Å²) >= 11 is 1.63. The van der Waals surface area contributed by atoms with Crippen LogP contribution in [0.25, 0.3) is 0 Å². The molecule has 1 aromatic carbocycles. The molecule has 0 saturated heterocycles. The molecule has 3 rings (SSSR count). The molecule has 0 aliphatic carbocycles. The van der Waals surface area contributed by atoms with Crippen molar-refractivity contribution in [2.24, 2.45) is 5.73 Å². The summed E-state index contributed by atoms with van der Waals surface area (Å²) in [5.74, 6) is 0.889. The molecule has 1 aromatic heterocycles. The molecule has 0 bridgehead atoms. The first kappa shape index (κ1) is 13.9. The lowest BCUT2D eigenvalue weighted by atomic mass is 9.90. The first-order valence-electron chi connectivity index (χ1n) is 6.57. The zero-order chi connectivity index (χ0) is 14.9. The van der Waals surface area contributed by atoms with Gasteiger partial charge in [0.2, 0.25) is 12.7 Å². The summed E-state index contributed by atoms with van der Waals surface area (Å²) < 4.78 is 10.7. The fourth-order valence-corrected chi connectivity index (χ4v) is 2.86. The molecule has 6 heteroatoms. The summed E-state index contributed by atoms with van der Waals surface area (Å²) in [5.41, 5.74) is 5.41. The average molecular weight is 304 g/mol. The predicted octanol–water partition coefficient (Wildman–Crippen LogP) is 1.97. The van der Waals surface area contributed by atoms with E-state index in [2.05, 4.69) is 5.32 Å². The quantitative estimate of drug-likeness (QED) is 0.885. The Morgan fingerprint density at radius 2 is 2.19 bits per heavy atom. The monoisotopic (exact) mass is 304 g/mol. The number of hydrogen-bond acceptors (Lipinski definition) is 5. The first-order valence-corrected chi connectivity index (χ1v) is 7.45. The van der Waals surface area contributed by atoms with Crippen LogP contribution in [0.5, 0.6) is 11.5 Å². The van der Waals surface area contributed by atoms with Crippen LogP contribution in [-0.2, 0) is 16.9 Å². The van der Waals surface area contributed by atoms with Gasteiger partial charge in [0.25, 0.3) is 0 Å². The highest BCUT2D eigenvalue weighted by Crippen LogP contribution is 2.35. The highest BCUT2D eigenvalue weighted by Gasteiger charge is 2.34. The molecule has 5 nitrogen and oxygen atoms in total. The minimum atomic E-state index is -0.967. The second-order valence-corrected chi connectivity index (χ2v) is 6.02. The van der Waals surface area contributed by atoms with Crippen molar-refractivity contribution < 1.29 is 14.3 Å². The number of nitrogens with two attached hydrogens (primary N) is 1. The maximum absolute atomic E-state index is 12.0. The number of hydrogen-bond donors (Lipinski definition) is 2. The Morgan fingerprint density at radius 3 is 2.90 bits per heavy atom. The molecule has 3 N–H and O–H groups in total. The van der Waals surface area contributed by atoms with E-state index in [4.69, 9.17) is 15.2 Å². The van der Waals surface area contributed by atoms with Crippen molar-refractivity contribution in [3.8, 4) is 11.5 Å². The zero-order valence-electron chi connectivity index (χ0n) is 11.6. The second-order valence-electron chi connectivity index (χ2n) is 4.99. The van der Waals surface area contributed by atoms with Gasteiger partial charge in [-0.05, 0) is 36.1 Å². The van der Waals surface area contributed by atoms with Crippen LogP contribution in [0.15, 0.2) is 35.7 Å². The summed E-state index contributed by atoms with van der Waals surface area (Å²) in [6.45, 7) is 2.56. The molecular weight excluding hydrogens is 288 g/mol. The van der Waals surface area contributed by atoms with E-state index >= 15 is 0 Å². The Morgan fingerprint density at radius 1 is 1.38 bits per heavy atom. The van der Waals surface area contributed by atoms with Crippen LogP contribution in [0.2, 0.25) is 0 Å². The van der Waals surface area contributed by atoms with Crippen LogP contribution in [-0.4, -0.2) is 12.7 Å². The van der Waals surface area contributed by atoms with Crippen molar-refractivity contribution in [2.45, 2.75) is 19.0 Å². The molecule has 1 atom stereocenters. The van der Waals surface area contributed by atoms with E-state index in [1.165, 1.54) is 0 Å². The number of ether oxygens (including phenoxy) is 2. The van der Waals surface area contributed by atoms with Gasteiger partial charge < -0.3 is 15.2 Å². The maximum atomic E-state index is 12.0. The summed E-state index contributed by atoms with van der Waals surface area (Å²) in [5, 5.41) is 5.24. The van der Waals surface area contributed by atoms with Crippen LogP contribution in [0.1, 0.15) is 17.4 Å². The highest BCUT2D eigenvalue weighted by molar-refractivity contribution is 7.09. The summed E-state index contributed by atoms with van der Waals surface area (Å²) in [7, 11) is 0. The Kier molecular flexibility index (Phi) is 3.57. The van der Waals surface area contributed by atoms with Crippen molar-refractivity contribution in [3.63, 3.8) is 0 Å². The lowest BCUT2D eigenvalue weighted by Gasteiger charge is -2.28. The van der Waals surface area contributed by atoms with Crippen LogP contribution in [0.4, 0.5) is 0 Å². The van der Waals surface area contributed by atoms with Gasteiger partial charge >= 0.3 is 0 Å². The van der Waals surface area contributed by atoms with E-state index in [-0.39, 0.29) is 6.79 Å². The van der Waals surface area contributed by atoms with E-state index < -0.39 is 11.4 Å². The third kappa shape index (κ3) is 2.59. The lowest BCUT2D eigenvalue weighted by Crippen LogP contribution is -2.49. The van der Waals surface area contributed by atoms with Gasteiger partial charge in [-0.3, -0.25) is 10.1 Å². The van der Waals surface area contributed by atoms with Gasteiger partial charge in [-0.2, -0.15) is 0 Å². The molecule has 0 spiro atoms. The molecule has 2 aromatic rings. The third-order valence-electron chi connectivity index (χ3n) is 3.64. The highest BCUT2D eigenvalue weighted by atomic mass is 32.1. The third-order valence-corrected chi connectivity index (χ3v) is 4.52. The van der Waals surface area contributed by atoms with Crippen LogP contribution in [0.3, 0.4) is 0 Å². The SMILES string of the molecule is CC(NCc1cccs1)(C(N)=O)c1ccc2c(c1)OCO2. The molecule has 0 radical (unpaired) electrons. The number of carbonyl (C=O) groups excluding carboxylic acids is 1. The summed E-state index contributed by atoms with van der Waals surface area (Å²) in [6.07, 6.45) is 0. The minimum absolute atomic E-state index is 0.203. The summed E-state index contributed by atoms with van der Waals surface area (Å²) in [6, 6.07) is 9.42. The predicted molar refractivity (Wildman–Crippen MR) is 80.3 cm³/mol. The molecule has 21 heavy (non-hydrogen) atoms. The molecule has 1 aliphatic rings. The smallest absolute Gasteiger partial charge is 0.242 e. The van der Waals surface area contributed by atoms with Gasteiger partial charge in [-0.1, -0.05) is 12.1 Å². The van der Waals surface area contributed by atoms with E-state index in [1.807, 2.05) is 23.6 Å². The molecule has 0 fully saturated rings. The molecule has 1 amide bonds. The van der Waals surface area contributed by atoms with Crippen molar-refractivity contribution in [2.75, 3.05) is 6.79 Å². The van der Waals surface area contributed by atoms with Gasteiger partial charge in [0, 0.05) is 11.4 Å². The molecule has 0 saturated carbocycles. The van der Waals surface area contributed by atoms with Gasteiger partial charge in [0.1, 0.15) is 5.54 Å². The number of thiophene rings is 1. The number of nitrogens with one attached hydrogen (secondary N) is 1. The maximum Gasteiger partial charge on any atom is 0.242 e. The number of amides is 1. The number of benzene rings is 1. The van der Waals surface area contributed by atoms with Gasteiger partial charge in [0.05, 0.1) is 0 Å². The summed E-state index contributed by atoms with van der Waals surface area (Å²) in [4.78, 5) is 13.1. The molecule has 110 valence electrons. The zero-order valence-corrected chi connectivity index (χ0v) is 12.4. The second kappa shape index (κ2) is 5.38. The lowest BCUT2D eigenvalue weighted by molar-refractivity contribution is -0.124. The topological polar surface area (TPSA) is 73.6 Å². The number of primary amides is 1. The van der Waals surface area contributed by atoms with E-state index in [1.54, 1.807) is 30.4 Å². The van der Waals surface area contributed by atoms with Crippen molar-refractivity contribution in [1.82, 2.24) is 5.32 Å². The largest absolute Gasteiger partial charge is 0.454 e. The Balaban J connectivity index is 1.87. The number of carbonyl (C=O) groups is 1.